The van der Waals surface area contributed by atoms with Gasteiger partial charge < -0.3 is 15.2 Å². The molecule has 0 amide bonds. The molecule has 0 atom stereocenters. The molecule has 0 aliphatic heterocycles. The van der Waals surface area contributed by atoms with Gasteiger partial charge in [0.25, 0.3) is 0 Å². The Morgan fingerprint density at radius 2 is 2.05 bits per heavy atom. The third-order valence-electron chi connectivity index (χ3n) is 3.21. The van der Waals surface area contributed by atoms with E-state index in [2.05, 4.69) is 25.2 Å². The van der Waals surface area contributed by atoms with Crippen LogP contribution in [0.3, 0.4) is 0 Å². The molecule has 1 aromatic heterocycles. The van der Waals surface area contributed by atoms with Crippen LogP contribution >= 0.6 is 11.3 Å². The molecule has 0 aliphatic carbocycles. The Morgan fingerprint density at radius 3 is 2.70 bits per heavy atom. The molecule has 0 unspecified atom stereocenters. The van der Waals surface area contributed by atoms with Crippen molar-refractivity contribution in [2.45, 2.75) is 33.9 Å². The fraction of sp³-hybridized carbons (Fsp3) is 0.375. The smallest absolute Gasteiger partial charge is 0.162 e. The number of hydrogen-bond acceptors (Lipinski definition) is 4. The molecule has 2 aromatic rings. The molecule has 0 saturated carbocycles. The maximum Gasteiger partial charge on any atom is 0.162 e. The van der Waals surface area contributed by atoms with Gasteiger partial charge in [0, 0.05) is 28.4 Å². The summed E-state index contributed by atoms with van der Waals surface area (Å²) < 4.78 is 5.39. The van der Waals surface area contributed by atoms with Gasteiger partial charge in [0.15, 0.2) is 11.5 Å². The van der Waals surface area contributed by atoms with Crippen molar-refractivity contribution in [1.29, 1.82) is 0 Å². The molecule has 0 spiro atoms. The second-order valence-corrected chi connectivity index (χ2v) is 6.09. The van der Waals surface area contributed by atoms with Crippen molar-refractivity contribution in [3.63, 3.8) is 0 Å². The topological polar surface area (TPSA) is 41.5 Å². The van der Waals surface area contributed by atoms with Crippen LogP contribution in [0.15, 0.2) is 24.3 Å². The summed E-state index contributed by atoms with van der Waals surface area (Å²) in [5.41, 5.74) is 2.20. The third-order valence-corrected chi connectivity index (χ3v) is 4.37. The predicted molar refractivity (Wildman–Crippen MR) is 83.6 cm³/mol. The summed E-state index contributed by atoms with van der Waals surface area (Å²) >= 11 is 1.82. The van der Waals surface area contributed by atoms with E-state index in [9.17, 15) is 5.11 Å². The Kier molecular flexibility index (Phi) is 5.04. The average molecular weight is 291 g/mol. The Balaban J connectivity index is 1.95. The van der Waals surface area contributed by atoms with Crippen LogP contribution in [0.2, 0.25) is 0 Å². The van der Waals surface area contributed by atoms with Crippen LogP contribution in [0.1, 0.15) is 27.8 Å². The first-order valence-electron chi connectivity index (χ1n) is 6.82. The second-order valence-electron chi connectivity index (χ2n) is 4.75. The van der Waals surface area contributed by atoms with E-state index < -0.39 is 0 Å². The molecule has 1 aromatic carbocycles. The molecular weight excluding hydrogens is 270 g/mol. The van der Waals surface area contributed by atoms with Crippen molar-refractivity contribution in [2.24, 2.45) is 0 Å². The first-order valence-corrected chi connectivity index (χ1v) is 7.63. The summed E-state index contributed by atoms with van der Waals surface area (Å²) in [4.78, 5) is 2.68. The lowest BCUT2D eigenvalue weighted by molar-refractivity contribution is 0.316. The number of aromatic hydroxyl groups is 1. The highest BCUT2D eigenvalue weighted by molar-refractivity contribution is 7.12. The highest BCUT2D eigenvalue weighted by Crippen LogP contribution is 2.29. The van der Waals surface area contributed by atoms with E-state index in [-0.39, 0.29) is 5.75 Å². The number of phenolic OH excluding ortho intramolecular Hbond substituents is 1. The molecule has 1 heterocycles. The fourth-order valence-electron chi connectivity index (χ4n) is 2.04. The van der Waals surface area contributed by atoms with Crippen molar-refractivity contribution < 1.29 is 9.84 Å². The van der Waals surface area contributed by atoms with Crippen molar-refractivity contribution in [3.05, 3.63) is 45.1 Å². The minimum atomic E-state index is 0.236. The maximum atomic E-state index is 10.1. The number of nitrogens with one attached hydrogen (secondary N) is 1. The molecule has 4 heteroatoms. The van der Waals surface area contributed by atoms with Crippen molar-refractivity contribution in [2.75, 3.05) is 6.61 Å². The van der Waals surface area contributed by atoms with Crippen LogP contribution < -0.4 is 10.1 Å². The van der Waals surface area contributed by atoms with Crippen molar-refractivity contribution in [3.8, 4) is 11.5 Å². The number of ether oxygens (including phenoxy) is 1. The molecule has 2 rings (SSSR count). The van der Waals surface area contributed by atoms with E-state index in [0.717, 1.165) is 12.1 Å². The van der Waals surface area contributed by atoms with Gasteiger partial charge in [-0.1, -0.05) is 12.1 Å². The van der Waals surface area contributed by atoms with Gasteiger partial charge in [-0.3, -0.25) is 0 Å². The van der Waals surface area contributed by atoms with Gasteiger partial charge in [0.05, 0.1) is 6.61 Å². The molecule has 0 aliphatic rings. The van der Waals surface area contributed by atoms with Gasteiger partial charge in [0.1, 0.15) is 0 Å². The minimum Gasteiger partial charge on any atom is -0.504 e. The van der Waals surface area contributed by atoms with E-state index >= 15 is 0 Å². The van der Waals surface area contributed by atoms with Crippen LogP contribution in [0.4, 0.5) is 0 Å². The molecule has 0 bridgehead atoms. The number of aryl methyl sites for hydroxylation is 2. The zero-order chi connectivity index (χ0) is 14.5. The first kappa shape index (κ1) is 14.9. The number of hydrogen-bond donors (Lipinski definition) is 2. The largest absolute Gasteiger partial charge is 0.504 e. The van der Waals surface area contributed by atoms with E-state index in [0.29, 0.717) is 18.9 Å². The molecule has 0 saturated heterocycles. The second kappa shape index (κ2) is 6.77. The molecule has 108 valence electrons. The Morgan fingerprint density at radius 1 is 1.25 bits per heavy atom. The molecule has 20 heavy (non-hydrogen) atoms. The van der Waals surface area contributed by atoms with Crippen LogP contribution in [-0.2, 0) is 13.1 Å². The van der Waals surface area contributed by atoms with E-state index in [1.54, 1.807) is 6.07 Å². The molecule has 0 radical (unpaired) electrons. The summed E-state index contributed by atoms with van der Waals surface area (Å²) in [7, 11) is 0. The maximum absolute atomic E-state index is 10.1. The Bertz CT molecular complexity index is 558. The van der Waals surface area contributed by atoms with Crippen LogP contribution in [0.25, 0.3) is 0 Å². The van der Waals surface area contributed by atoms with Crippen LogP contribution in [-0.4, -0.2) is 11.7 Å². The normalized spacial score (nSPS) is 10.8. The number of para-hydroxylation sites is 1. The SMILES string of the molecule is CCOc1cccc(CNCc2cc(C)c(C)s2)c1O. The molecular formula is C16H21NO2S. The quantitative estimate of drug-likeness (QED) is 0.851. The summed E-state index contributed by atoms with van der Waals surface area (Å²) in [5, 5.41) is 13.5. The van der Waals surface area contributed by atoms with Gasteiger partial charge in [-0.2, -0.15) is 0 Å². The van der Waals surface area contributed by atoms with Gasteiger partial charge in [-0.05, 0) is 38.5 Å². The van der Waals surface area contributed by atoms with Gasteiger partial charge in [0.2, 0.25) is 0 Å². The number of phenols is 1. The van der Waals surface area contributed by atoms with Gasteiger partial charge in [-0.25, -0.2) is 0 Å². The zero-order valence-corrected chi connectivity index (χ0v) is 13.0. The van der Waals surface area contributed by atoms with Crippen LogP contribution in [0, 0.1) is 13.8 Å². The highest BCUT2D eigenvalue weighted by atomic mass is 32.1. The summed E-state index contributed by atoms with van der Waals surface area (Å²) in [5.74, 6) is 0.787. The molecule has 2 N–H and O–H groups in total. The van der Waals surface area contributed by atoms with E-state index in [1.807, 2.05) is 30.4 Å². The Hall–Kier alpha value is -1.52. The summed E-state index contributed by atoms with van der Waals surface area (Å²) in [6, 6.07) is 7.81. The monoisotopic (exact) mass is 291 g/mol. The van der Waals surface area contributed by atoms with Crippen molar-refractivity contribution >= 4 is 11.3 Å². The van der Waals surface area contributed by atoms with Gasteiger partial charge >= 0.3 is 0 Å². The molecule has 0 fully saturated rings. The van der Waals surface area contributed by atoms with Crippen molar-refractivity contribution in [1.82, 2.24) is 5.32 Å². The molecule has 3 nitrogen and oxygen atoms in total. The fourth-order valence-corrected chi connectivity index (χ4v) is 3.06. The number of benzene rings is 1. The third kappa shape index (κ3) is 3.52. The van der Waals surface area contributed by atoms with Gasteiger partial charge in [-0.15, -0.1) is 11.3 Å². The highest BCUT2D eigenvalue weighted by Gasteiger charge is 2.08. The standard InChI is InChI=1S/C16H21NO2S/c1-4-19-15-7-5-6-13(16(15)18)9-17-10-14-8-11(2)12(3)20-14/h5-8,17-18H,4,9-10H2,1-3H3. The average Bonchev–Trinajstić information content (AvgIpc) is 2.73. The zero-order valence-electron chi connectivity index (χ0n) is 12.2. The lowest BCUT2D eigenvalue weighted by Gasteiger charge is -2.10. The minimum absolute atomic E-state index is 0.236. The van der Waals surface area contributed by atoms with E-state index in [4.69, 9.17) is 4.74 Å². The summed E-state index contributed by atoms with van der Waals surface area (Å²) in [6.45, 7) is 8.18. The number of thiophene rings is 1. The van der Waals surface area contributed by atoms with Crippen LogP contribution in [0.5, 0.6) is 11.5 Å². The first-order chi connectivity index (χ1) is 9.61. The summed E-state index contributed by atoms with van der Waals surface area (Å²) in [6.07, 6.45) is 0. The Labute approximate surface area is 124 Å². The predicted octanol–water partition coefficient (Wildman–Crippen LogP) is 3.76. The van der Waals surface area contributed by atoms with E-state index in [1.165, 1.54) is 15.3 Å². The lowest BCUT2D eigenvalue weighted by Crippen LogP contribution is -2.12. The number of rotatable bonds is 6. The lowest BCUT2D eigenvalue weighted by atomic mass is 10.2.